The highest BCUT2D eigenvalue weighted by Gasteiger charge is 2.20. The monoisotopic (exact) mass is 185 g/mol. The van der Waals surface area contributed by atoms with Crippen molar-refractivity contribution in [2.75, 3.05) is 13.7 Å². The molecule has 2 unspecified atom stereocenters. The zero-order chi connectivity index (χ0) is 9.68. The molecule has 0 aromatic rings. The Morgan fingerprint density at radius 2 is 2.15 bits per heavy atom. The van der Waals surface area contributed by atoms with Crippen molar-refractivity contribution in [3.05, 3.63) is 0 Å². The molecule has 1 fully saturated rings. The summed E-state index contributed by atoms with van der Waals surface area (Å²) in [6, 6.07) is 0.399. The van der Waals surface area contributed by atoms with Gasteiger partial charge >= 0.3 is 0 Å². The third-order valence-corrected chi connectivity index (χ3v) is 3.02. The topological polar surface area (TPSA) is 35.2 Å². The lowest BCUT2D eigenvalue weighted by molar-refractivity contribution is 0.147. The molecule has 0 bridgehead atoms. The predicted molar refractivity (Wildman–Crippen MR) is 55.6 cm³/mol. The van der Waals surface area contributed by atoms with Gasteiger partial charge in [-0.05, 0) is 24.7 Å². The minimum Gasteiger partial charge on any atom is -0.384 e. The van der Waals surface area contributed by atoms with Crippen molar-refractivity contribution < 1.29 is 4.74 Å². The maximum absolute atomic E-state index is 6.06. The van der Waals surface area contributed by atoms with Crippen LogP contribution in [0.1, 0.15) is 39.0 Å². The first-order valence-corrected chi connectivity index (χ1v) is 5.47. The maximum Gasteiger partial charge on any atom is 0.0488 e. The molecule has 0 amide bonds. The first kappa shape index (κ1) is 11.0. The van der Waals surface area contributed by atoms with E-state index in [2.05, 4.69) is 6.92 Å². The highest BCUT2D eigenvalue weighted by molar-refractivity contribution is 4.76. The minimum atomic E-state index is 0.399. The van der Waals surface area contributed by atoms with Gasteiger partial charge in [-0.1, -0.05) is 26.2 Å². The van der Waals surface area contributed by atoms with Gasteiger partial charge in [0, 0.05) is 19.8 Å². The lowest BCUT2D eigenvalue weighted by Crippen LogP contribution is -2.29. The zero-order valence-corrected chi connectivity index (χ0v) is 8.96. The van der Waals surface area contributed by atoms with Crippen LogP contribution in [0, 0.1) is 11.8 Å². The van der Waals surface area contributed by atoms with Crippen LogP contribution in [-0.4, -0.2) is 19.8 Å². The fraction of sp³-hybridized carbons (Fsp3) is 1.00. The van der Waals surface area contributed by atoms with Gasteiger partial charge < -0.3 is 10.5 Å². The summed E-state index contributed by atoms with van der Waals surface area (Å²) in [5.74, 6) is 1.55. The van der Waals surface area contributed by atoms with Crippen molar-refractivity contribution in [3.8, 4) is 0 Å². The fourth-order valence-electron chi connectivity index (χ4n) is 2.12. The van der Waals surface area contributed by atoms with Crippen LogP contribution in [0.2, 0.25) is 0 Å². The Bertz CT molecular complexity index is 134. The zero-order valence-electron chi connectivity index (χ0n) is 8.96. The number of nitrogens with two attached hydrogens (primary N) is 1. The Kier molecular flexibility index (Phi) is 4.74. The Balaban J connectivity index is 2.04. The standard InChI is InChI=1S/C11H23NO/c1-9(8-13-2)6-11(12)7-10-4-3-5-10/h9-11H,3-8,12H2,1-2H3. The summed E-state index contributed by atoms with van der Waals surface area (Å²) >= 11 is 0. The quantitative estimate of drug-likeness (QED) is 0.688. The summed E-state index contributed by atoms with van der Waals surface area (Å²) in [6.07, 6.45) is 6.59. The summed E-state index contributed by atoms with van der Waals surface area (Å²) in [4.78, 5) is 0. The average molecular weight is 185 g/mol. The molecule has 2 heteroatoms. The van der Waals surface area contributed by atoms with E-state index in [0.717, 1.165) is 18.9 Å². The van der Waals surface area contributed by atoms with Crippen molar-refractivity contribution in [3.63, 3.8) is 0 Å². The molecule has 0 heterocycles. The van der Waals surface area contributed by atoms with E-state index in [1.807, 2.05) is 0 Å². The molecule has 0 aliphatic heterocycles. The number of rotatable bonds is 6. The van der Waals surface area contributed by atoms with Crippen LogP contribution in [0.3, 0.4) is 0 Å². The van der Waals surface area contributed by atoms with Gasteiger partial charge in [-0.3, -0.25) is 0 Å². The molecule has 2 nitrogen and oxygen atoms in total. The number of methoxy groups -OCH3 is 1. The van der Waals surface area contributed by atoms with E-state index in [1.165, 1.54) is 25.7 Å². The van der Waals surface area contributed by atoms with Gasteiger partial charge in [0.1, 0.15) is 0 Å². The molecule has 1 saturated carbocycles. The molecular formula is C11H23NO. The molecule has 1 aliphatic rings. The SMILES string of the molecule is COCC(C)CC(N)CC1CCC1. The Morgan fingerprint density at radius 3 is 2.62 bits per heavy atom. The first-order valence-electron chi connectivity index (χ1n) is 5.47. The highest BCUT2D eigenvalue weighted by Crippen LogP contribution is 2.31. The second kappa shape index (κ2) is 5.61. The summed E-state index contributed by atoms with van der Waals surface area (Å²) in [6.45, 7) is 3.06. The van der Waals surface area contributed by atoms with Crippen molar-refractivity contribution in [2.24, 2.45) is 17.6 Å². The highest BCUT2D eigenvalue weighted by atomic mass is 16.5. The number of hydrogen-bond acceptors (Lipinski definition) is 2. The summed E-state index contributed by atoms with van der Waals surface area (Å²) in [5, 5.41) is 0. The van der Waals surface area contributed by atoms with E-state index >= 15 is 0 Å². The van der Waals surface area contributed by atoms with E-state index < -0.39 is 0 Å². The smallest absolute Gasteiger partial charge is 0.0488 e. The van der Waals surface area contributed by atoms with Gasteiger partial charge in [-0.2, -0.15) is 0 Å². The van der Waals surface area contributed by atoms with Gasteiger partial charge in [0.15, 0.2) is 0 Å². The van der Waals surface area contributed by atoms with E-state index in [9.17, 15) is 0 Å². The van der Waals surface area contributed by atoms with Crippen molar-refractivity contribution in [2.45, 2.75) is 45.1 Å². The first-order chi connectivity index (χ1) is 6.22. The van der Waals surface area contributed by atoms with Gasteiger partial charge in [0.2, 0.25) is 0 Å². The van der Waals surface area contributed by atoms with Gasteiger partial charge in [0.05, 0.1) is 0 Å². The second-order valence-corrected chi connectivity index (χ2v) is 4.59. The van der Waals surface area contributed by atoms with E-state index in [-0.39, 0.29) is 0 Å². The molecule has 13 heavy (non-hydrogen) atoms. The molecule has 2 N–H and O–H groups in total. The van der Waals surface area contributed by atoms with Gasteiger partial charge in [-0.15, -0.1) is 0 Å². The molecule has 1 rings (SSSR count). The molecule has 0 aromatic heterocycles. The van der Waals surface area contributed by atoms with Crippen LogP contribution in [0.4, 0.5) is 0 Å². The Morgan fingerprint density at radius 1 is 1.46 bits per heavy atom. The molecular weight excluding hydrogens is 162 g/mol. The van der Waals surface area contributed by atoms with Crippen molar-refractivity contribution in [1.29, 1.82) is 0 Å². The molecule has 1 aliphatic carbocycles. The van der Waals surface area contributed by atoms with E-state index in [1.54, 1.807) is 7.11 Å². The lowest BCUT2D eigenvalue weighted by Gasteiger charge is -2.28. The average Bonchev–Trinajstić information content (AvgIpc) is 1.97. The molecule has 0 aromatic carbocycles. The summed E-state index contributed by atoms with van der Waals surface area (Å²) < 4.78 is 5.09. The predicted octanol–water partition coefficient (Wildman–Crippen LogP) is 2.18. The molecule has 0 spiro atoms. The third kappa shape index (κ3) is 4.10. The fourth-order valence-corrected chi connectivity index (χ4v) is 2.12. The van der Waals surface area contributed by atoms with Crippen LogP contribution in [-0.2, 0) is 4.74 Å². The molecule has 0 radical (unpaired) electrons. The van der Waals surface area contributed by atoms with E-state index in [4.69, 9.17) is 10.5 Å². The second-order valence-electron chi connectivity index (χ2n) is 4.59. The van der Waals surface area contributed by atoms with Crippen LogP contribution in [0.15, 0.2) is 0 Å². The van der Waals surface area contributed by atoms with Crippen LogP contribution in [0.5, 0.6) is 0 Å². The number of hydrogen-bond donors (Lipinski definition) is 1. The van der Waals surface area contributed by atoms with Crippen LogP contribution in [0.25, 0.3) is 0 Å². The van der Waals surface area contributed by atoms with Crippen molar-refractivity contribution >= 4 is 0 Å². The van der Waals surface area contributed by atoms with Gasteiger partial charge in [-0.25, -0.2) is 0 Å². The molecule has 2 atom stereocenters. The Hall–Kier alpha value is -0.0800. The van der Waals surface area contributed by atoms with Crippen LogP contribution >= 0.6 is 0 Å². The molecule has 78 valence electrons. The Labute approximate surface area is 81.8 Å². The summed E-state index contributed by atoms with van der Waals surface area (Å²) in [5.41, 5.74) is 6.06. The molecule has 0 saturated heterocycles. The minimum absolute atomic E-state index is 0.399. The maximum atomic E-state index is 6.06. The number of ether oxygens (including phenoxy) is 1. The summed E-state index contributed by atoms with van der Waals surface area (Å²) in [7, 11) is 1.76. The van der Waals surface area contributed by atoms with Crippen LogP contribution < -0.4 is 5.73 Å². The van der Waals surface area contributed by atoms with Gasteiger partial charge in [0.25, 0.3) is 0 Å². The normalized spacial score (nSPS) is 22.4. The van der Waals surface area contributed by atoms with E-state index in [0.29, 0.717) is 12.0 Å². The third-order valence-electron chi connectivity index (χ3n) is 3.02. The lowest BCUT2D eigenvalue weighted by atomic mass is 9.80. The largest absolute Gasteiger partial charge is 0.384 e. The van der Waals surface area contributed by atoms with Crippen molar-refractivity contribution in [1.82, 2.24) is 0 Å².